The number of carbonyl (C=O) groups excluding carboxylic acids is 2. The predicted octanol–water partition coefficient (Wildman–Crippen LogP) is 3.96. The molecule has 0 aliphatic carbocycles. The highest BCUT2D eigenvalue weighted by Crippen LogP contribution is 2.27. The Morgan fingerprint density at radius 1 is 1.08 bits per heavy atom. The Bertz CT molecular complexity index is 739. The van der Waals surface area contributed by atoms with Crippen LogP contribution in [0.1, 0.15) is 20.8 Å². The molecule has 128 valence electrons. The molecular weight excluding hydrogens is 326 g/mol. The van der Waals surface area contributed by atoms with Gasteiger partial charge in [-0.1, -0.05) is 42.1 Å². The maximum Gasteiger partial charge on any atom is 0.409 e. The second kappa shape index (κ2) is 7.57. The van der Waals surface area contributed by atoms with Gasteiger partial charge < -0.3 is 9.47 Å². The molecule has 0 aliphatic heterocycles. The predicted molar refractivity (Wildman–Crippen MR) is 95.0 cm³/mol. The van der Waals surface area contributed by atoms with Crippen molar-refractivity contribution < 1.29 is 19.1 Å². The molecule has 0 saturated heterocycles. The summed E-state index contributed by atoms with van der Waals surface area (Å²) in [6.45, 7) is 5.28. The number of benzene rings is 2. The number of hydrogen-bond donors (Lipinski definition) is 1. The van der Waals surface area contributed by atoms with Gasteiger partial charge in [0.05, 0.1) is 7.11 Å². The summed E-state index contributed by atoms with van der Waals surface area (Å²) in [7, 11) is 1.28. The van der Waals surface area contributed by atoms with Gasteiger partial charge in [-0.25, -0.2) is 9.59 Å². The molecule has 0 spiro atoms. The van der Waals surface area contributed by atoms with E-state index in [4.69, 9.17) is 9.47 Å². The lowest BCUT2D eigenvalue weighted by Crippen LogP contribution is -2.42. The summed E-state index contributed by atoms with van der Waals surface area (Å²) in [5, 5.41) is 3.83. The Labute approximate surface area is 145 Å². The van der Waals surface area contributed by atoms with Gasteiger partial charge in [-0.15, -0.1) is 0 Å². The number of alkyl carbamates (subject to hydrolysis) is 1. The molecule has 0 bridgehead atoms. The first-order valence-electron chi connectivity index (χ1n) is 7.51. The molecule has 0 aliphatic rings. The van der Waals surface area contributed by atoms with E-state index >= 15 is 0 Å². The summed E-state index contributed by atoms with van der Waals surface area (Å²) in [5.41, 5.74) is -0.641. The third-order valence-electron chi connectivity index (χ3n) is 3.04. The van der Waals surface area contributed by atoms with Crippen molar-refractivity contribution in [2.45, 2.75) is 36.6 Å². The number of ether oxygens (including phenoxy) is 2. The van der Waals surface area contributed by atoms with Crippen molar-refractivity contribution in [3.05, 3.63) is 42.5 Å². The van der Waals surface area contributed by atoms with Crippen LogP contribution in [0.5, 0.6) is 0 Å². The van der Waals surface area contributed by atoms with Gasteiger partial charge in [-0.3, -0.25) is 5.32 Å². The van der Waals surface area contributed by atoms with Crippen LogP contribution in [-0.4, -0.2) is 30.1 Å². The number of rotatable bonds is 4. The second-order valence-electron chi connectivity index (χ2n) is 6.18. The van der Waals surface area contributed by atoms with Crippen LogP contribution in [0.4, 0.5) is 4.79 Å². The zero-order chi connectivity index (χ0) is 17.7. The van der Waals surface area contributed by atoms with E-state index in [9.17, 15) is 9.59 Å². The Morgan fingerprint density at radius 2 is 1.75 bits per heavy atom. The van der Waals surface area contributed by atoms with E-state index < -0.39 is 23.0 Å². The molecule has 0 radical (unpaired) electrons. The highest BCUT2D eigenvalue weighted by atomic mass is 32.2. The Balaban J connectivity index is 2.15. The summed E-state index contributed by atoms with van der Waals surface area (Å²) >= 11 is 1.20. The van der Waals surface area contributed by atoms with Gasteiger partial charge in [0.2, 0.25) is 0 Å². The second-order valence-corrected chi connectivity index (χ2v) is 7.35. The summed E-state index contributed by atoms with van der Waals surface area (Å²) in [6, 6.07) is 13.8. The zero-order valence-electron chi connectivity index (χ0n) is 14.2. The summed E-state index contributed by atoms with van der Waals surface area (Å²) < 4.78 is 9.97. The molecular formula is C18H21NO4S. The van der Waals surface area contributed by atoms with Gasteiger partial charge >= 0.3 is 12.1 Å². The molecule has 1 amide bonds. The highest BCUT2D eigenvalue weighted by Gasteiger charge is 2.26. The van der Waals surface area contributed by atoms with Crippen LogP contribution < -0.4 is 5.32 Å². The summed E-state index contributed by atoms with van der Waals surface area (Å²) in [5.74, 6) is -0.543. The van der Waals surface area contributed by atoms with Crippen LogP contribution in [-0.2, 0) is 14.3 Å². The number of amides is 1. The number of hydrogen-bond acceptors (Lipinski definition) is 5. The minimum atomic E-state index is -0.883. The first-order chi connectivity index (χ1) is 11.3. The number of thioether (sulfide) groups is 1. The standard InChI is InChI=1S/C18H21NO4S/c1-18(2,3)23-17(21)19-15(16(20)22-4)24-14-10-9-12-7-5-6-8-13(12)11-14/h5-11,15H,1-4H3,(H,19,21). The van der Waals surface area contributed by atoms with Gasteiger partial charge in [0.15, 0.2) is 5.37 Å². The van der Waals surface area contributed by atoms with E-state index in [1.54, 1.807) is 20.8 Å². The number of nitrogens with one attached hydrogen (secondary N) is 1. The van der Waals surface area contributed by atoms with Gasteiger partial charge in [0.25, 0.3) is 0 Å². The van der Waals surface area contributed by atoms with Crippen molar-refractivity contribution in [3.63, 3.8) is 0 Å². The van der Waals surface area contributed by atoms with Crippen LogP contribution in [0.2, 0.25) is 0 Å². The summed E-state index contributed by atoms with van der Waals surface area (Å²) in [6.07, 6.45) is -0.661. The molecule has 5 nitrogen and oxygen atoms in total. The molecule has 0 heterocycles. The lowest BCUT2D eigenvalue weighted by molar-refractivity contribution is -0.140. The molecule has 0 fully saturated rings. The fourth-order valence-corrected chi connectivity index (χ4v) is 3.00. The fourth-order valence-electron chi connectivity index (χ4n) is 2.03. The molecule has 1 atom stereocenters. The van der Waals surface area contributed by atoms with Gasteiger partial charge in [0, 0.05) is 4.90 Å². The van der Waals surface area contributed by atoms with Crippen molar-refractivity contribution in [1.29, 1.82) is 0 Å². The number of fused-ring (bicyclic) bond motifs is 1. The minimum absolute atomic E-state index is 0.543. The van der Waals surface area contributed by atoms with E-state index in [1.807, 2.05) is 42.5 Å². The Hall–Kier alpha value is -2.21. The third-order valence-corrected chi connectivity index (χ3v) is 4.11. The normalized spacial score (nSPS) is 12.5. The van der Waals surface area contributed by atoms with Crippen LogP contribution in [0.3, 0.4) is 0 Å². The van der Waals surface area contributed by atoms with Gasteiger partial charge in [-0.05, 0) is 43.7 Å². The lowest BCUT2D eigenvalue weighted by atomic mass is 10.1. The molecule has 2 rings (SSSR count). The third kappa shape index (κ3) is 5.16. The van der Waals surface area contributed by atoms with Crippen molar-refractivity contribution in [2.75, 3.05) is 7.11 Å². The lowest BCUT2D eigenvalue weighted by Gasteiger charge is -2.22. The van der Waals surface area contributed by atoms with Gasteiger partial charge in [-0.2, -0.15) is 0 Å². The van der Waals surface area contributed by atoms with E-state index in [2.05, 4.69) is 5.32 Å². The molecule has 0 saturated carbocycles. The van der Waals surface area contributed by atoms with E-state index in [0.717, 1.165) is 15.7 Å². The minimum Gasteiger partial charge on any atom is -0.467 e. The monoisotopic (exact) mass is 347 g/mol. The molecule has 6 heteroatoms. The SMILES string of the molecule is COC(=O)C(NC(=O)OC(C)(C)C)Sc1ccc2ccccc2c1. The van der Waals surface area contributed by atoms with Gasteiger partial charge in [0.1, 0.15) is 5.60 Å². The number of methoxy groups -OCH3 is 1. The van der Waals surface area contributed by atoms with Crippen molar-refractivity contribution in [2.24, 2.45) is 0 Å². The zero-order valence-corrected chi connectivity index (χ0v) is 15.0. The fraction of sp³-hybridized carbons (Fsp3) is 0.333. The molecule has 24 heavy (non-hydrogen) atoms. The van der Waals surface area contributed by atoms with E-state index in [1.165, 1.54) is 18.9 Å². The average molecular weight is 347 g/mol. The Morgan fingerprint density at radius 3 is 2.38 bits per heavy atom. The van der Waals surface area contributed by atoms with Crippen molar-refractivity contribution in [3.8, 4) is 0 Å². The van der Waals surface area contributed by atoms with Crippen molar-refractivity contribution >= 4 is 34.6 Å². The van der Waals surface area contributed by atoms with Crippen LogP contribution in [0, 0.1) is 0 Å². The van der Waals surface area contributed by atoms with E-state index in [0.29, 0.717) is 0 Å². The molecule has 1 N–H and O–H groups in total. The van der Waals surface area contributed by atoms with Crippen LogP contribution in [0.25, 0.3) is 10.8 Å². The molecule has 1 unspecified atom stereocenters. The average Bonchev–Trinajstić information content (AvgIpc) is 2.51. The first-order valence-corrected chi connectivity index (χ1v) is 8.39. The van der Waals surface area contributed by atoms with Crippen LogP contribution in [0.15, 0.2) is 47.4 Å². The summed E-state index contributed by atoms with van der Waals surface area (Å²) in [4.78, 5) is 24.8. The topological polar surface area (TPSA) is 64.6 Å². The number of esters is 1. The largest absolute Gasteiger partial charge is 0.467 e. The molecule has 2 aromatic carbocycles. The number of carbonyl (C=O) groups is 2. The maximum absolute atomic E-state index is 12.0. The molecule has 0 aromatic heterocycles. The smallest absolute Gasteiger partial charge is 0.409 e. The molecule has 2 aromatic rings. The Kier molecular flexibility index (Phi) is 5.72. The highest BCUT2D eigenvalue weighted by molar-refractivity contribution is 8.00. The van der Waals surface area contributed by atoms with Crippen molar-refractivity contribution in [1.82, 2.24) is 5.32 Å². The quantitative estimate of drug-likeness (QED) is 0.515. The maximum atomic E-state index is 12.0. The van der Waals surface area contributed by atoms with Crippen LogP contribution >= 0.6 is 11.8 Å². The van der Waals surface area contributed by atoms with E-state index in [-0.39, 0.29) is 0 Å². The first kappa shape index (κ1) is 18.1.